The molecule has 100 valence electrons. The van der Waals surface area contributed by atoms with Crippen LogP contribution in [-0.4, -0.2) is 49.9 Å². The Labute approximate surface area is 107 Å². The normalized spacial score (nSPS) is 18.6. The standard InChI is InChI=1S/C13H19NO4/c1-16-13(15)18-12-4-2-3-11(9-12)10-14-5-7-17-8-6-14/h2-4,9,13,15H,5-8,10H2,1H3. The molecule has 0 aliphatic carbocycles. The quantitative estimate of drug-likeness (QED) is 0.787. The number of aliphatic hydroxyl groups is 1. The van der Waals surface area contributed by atoms with Gasteiger partial charge in [0, 0.05) is 26.7 Å². The number of hydrogen-bond acceptors (Lipinski definition) is 5. The van der Waals surface area contributed by atoms with Gasteiger partial charge in [-0.05, 0) is 17.7 Å². The van der Waals surface area contributed by atoms with Crippen molar-refractivity contribution in [2.45, 2.75) is 13.0 Å². The summed E-state index contributed by atoms with van der Waals surface area (Å²) in [4.78, 5) is 2.33. The molecule has 0 aromatic heterocycles. The third-order valence-electron chi connectivity index (χ3n) is 2.85. The molecule has 0 bridgehead atoms. The smallest absolute Gasteiger partial charge is 0.313 e. The average Bonchev–Trinajstić information content (AvgIpc) is 2.40. The molecule has 1 heterocycles. The van der Waals surface area contributed by atoms with Crippen LogP contribution < -0.4 is 4.74 Å². The van der Waals surface area contributed by atoms with Crippen molar-refractivity contribution in [3.8, 4) is 5.75 Å². The van der Waals surface area contributed by atoms with Gasteiger partial charge in [-0.25, -0.2) is 0 Å². The van der Waals surface area contributed by atoms with Gasteiger partial charge < -0.3 is 19.3 Å². The minimum atomic E-state index is -1.22. The number of hydrogen-bond donors (Lipinski definition) is 1. The highest BCUT2D eigenvalue weighted by atomic mass is 16.8. The lowest BCUT2D eigenvalue weighted by Gasteiger charge is -2.26. The second-order valence-electron chi connectivity index (χ2n) is 4.20. The van der Waals surface area contributed by atoms with Crippen molar-refractivity contribution in [3.05, 3.63) is 29.8 Å². The zero-order valence-corrected chi connectivity index (χ0v) is 10.5. The summed E-state index contributed by atoms with van der Waals surface area (Å²) in [5, 5.41) is 9.25. The number of methoxy groups -OCH3 is 1. The largest absolute Gasteiger partial charge is 0.441 e. The van der Waals surface area contributed by atoms with Crippen LogP contribution in [0.3, 0.4) is 0 Å². The van der Waals surface area contributed by atoms with Crippen molar-refractivity contribution in [1.29, 1.82) is 0 Å². The Kier molecular flexibility index (Phi) is 4.95. The fourth-order valence-electron chi connectivity index (χ4n) is 1.90. The van der Waals surface area contributed by atoms with Crippen molar-refractivity contribution in [2.75, 3.05) is 33.4 Å². The predicted molar refractivity (Wildman–Crippen MR) is 66.2 cm³/mol. The molecule has 1 aliphatic rings. The maximum Gasteiger partial charge on any atom is 0.313 e. The third kappa shape index (κ3) is 3.96. The van der Waals surface area contributed by atoms with Crippen LogP contribution in [0.15, 0.2) is 24.3 Å². The lowest BCUT2D eigenvalue weighted by molar-refractivity contribution is -0.200. The van der Waals surface area contributed by atoms with E-state index >= 15 is 0 Å². The summed E-state index contributed by atoms with van der Waals surface area (Å²) in [5.74, 6) is 0.607. The highest BCUT2D eigenvalue weighted by molar-refractivity contribution is 5.28. The number of rotatable bonds is 5. The van der Waals surface area contributed by atoms with Gasteiger partial charge in [-0.2, -0.15) is 0 Å². The first-order valence-electron chi connectivity index (χ1n) is 6.04. The van der Waals surface area contributed by atoms with Gasteiger partial charge in [0.2, 0.25) is 0 Å². The summed E-state index contributed by atoms with van der Waals surface area (Å²) in [5.41, 5.74) is 1.15. The third-order valence-corrected chi connectivity index (χ3v) is 2.85. The first-order valence-corrected chi connectivity index (χ1v) is 6.04. The molecule has 5 nitrogen and oxygen atoms in total. The van der Waals surface area contributed by atoms with Crippen LogP contribution in [0.25, 0.3) is 0 Å². The fourth-order valence-corrected chi connectivity index (χ4v) is 1.90. The first-order chi connectivity index (χ1) is 8.78. The van der Waals surface area contributed by atoms with Gasteiger partial charge >= 0.3 is 6.48 Å². The Morgan fingerprint density at radius 2 is 2.17 bits per heavy atom. The number of benzene rings is 1. The van der Waals surface area contributed by atoms with E-state index in [1.807, 2.05) is 18.2 Å². The van der Waals surface area contributed by atoms with Crippen molar-refractivity contribution >= 4 is 0 Å². The van der Waals surface area contributed by atoms with Crippen molar-refractivity contribution < 1.29 is 19.3 Å². The fraction of sp³-hybridized carbons (Fsp3) is 0.538. The van der Waals surface area contributed by atoms with Crippen molar-refractivity contribution in [1.82, 2.24) is 4.90 Å². The van der Waals surface area contributed by atoms with E-state index in [-0.39, 0.29) is 0 Å². The monoisotopic (exact) mass is 253 g/mol. The maximum atomic E-state index is 9.25. The number of morpholine rings is 1. The summed E-state index contributed by atoms with van der Waals surface area (Å²) in [6.45, 7) is 3.13. The Bertz CT molecular complexity index is 366. The van der Waals surface area contributed by atoms with E-state index in [1.165, 1.54) is 7.11 Å². The molecule has 1 aromatic rings. The van der Waals surface area contributed by atoms with E-state index in [4.69, 9.17) is 9.47 Å². The summed E-state index contributed by atoms with van der Waals surface area (Å²) in [7, 11) is 1.39. The second-order valence-corrected chi connectivity index (χ2v) is 4.20. The Hall–Kier alpha value is -1.14. The summed E-state index contributed by atoms with van der Waals surface area (Å²) in [6, 6.07) is 7.66. The Morgan fingerprint density at radius 1 is 1.39 bits per heavy atom. The molecule has 0 radical (unpaired) electrons. The molecule has 18 heavy (non-hydrogen) atoms. The summed E-state index contributed by atoms with van der Waals surface area (Å²) in [6.07, 6.45) is 0. The summed E-state index contributed by atoms with van der Waals surface area (Å²) >= 11 is 0. The van der Waals surface area contributed by atoms with E-state index in [1.54, 1.807) is 6.07 Å². The summed E-state index contributed by atoms with van der Waals surface area (Å²) < 4.78 is 15.1. The molecule has 0 spiro atoms. The van der Waals surface area contributed by atoms with Gasteiger partial charge in [0.1, 0.15) is 5.75 Å². The van der Waals surface area contributed by atoms with Gasteiger partial charge in [0.25, 0.3) is 0 Å². The number of aliphatic hydroxyl groups excluding tert-OH is 1. The van der Waals surface area contributed by atoms with Gasteiger partial charge in [-0.1, -0.05) is 12.1 Å². The number of nitrogens with zero attached hydrogens (tertiary/aromatic N) is 1. The van der Waals surface area contributed by atoms with E-state index in [9.17, 15) is 5.11 Å². The van der Waals surface area contributed by atoms with Gasteiger partial charge in [0.05, 0.1) is 13.2 Å². The highest BCUT2D eigenvalue weighted by Gasteiger charge is 2.11. The molecule has 0 saturated carbocycles. The van der Waals surface area contributed by atoms with Crippen LogP contribution >= 0.6 is 0 Å². The van der Waals surface area contributed by atoms with E-state index in [2.05, 4.69) is 9.64 Å². The topological polar surface area (TPSA) is 51.2 Å². The van der Waals surface area contributed by atoms with E-state index in [0.717, 1.165) is 38.4 Å². The number of ether oxygens (including phenoxy) is 3. The molecular weight excluding hydrogens is 234 g/mol. The lowest BCUT2D eigenvalue weighted by atomic mass is 10.2. The zero-order chi connectivity index (χ0) is 12.8. The molecule has 1 aliphatic heterocycles. The van der Waals surface area contributed by atoms with Crippen molar-refractivity contribution in [2.24, 2.45) is 0 Å². The zero-order valence-electron chi connectivity index (χ0n) is 10.5. The molecule has 5 heteroatoms. The average molecular weight is 253 g/mol. The van der Waals surface area contributed by atoms with Crippen LogP contribution in [0.1, 0.15) is 5.56 Å². The molecule has 1 atom stereocenters. The Balaban J connectivity index is 1.93. The molecule has 1 unspecified atom stereocenters. The molecular formula is C13H19NO4. The molecule has 0 amide bonds. The highest BCUT2D eigenvalue weighted by Crippen LogP contribution is 2.16. The van der Waals surface area contributed by atoms with Crippen molar-refractivity contribution in [3.63, 3.8) is 0 Å². The molecule has 2 rings (SSSR count). The first kappa shape index (κ1) is 13.3. The van der Waals surface area contributed by atoms with Crippen LogP contribution in [0, 0.1) is 0 Å². The van der Waals surface area contributed by atoms with Gasteiger partial charge in [-0.15, -0.1) is 0 Å². The second kappa shape index (κ2) is 6.70. The molecule has 1 fully saturated rings. The van der Waals surface area contributed by atoms with Crippen LogP contribution in [0.4, 0.5) is 0 Å². The van der Waals surface area contributed by atoms with E-state index < -0.39 is 6.48 Å². The molecule has 1 saturated heterocycles. The molecule has 1 aromatic carbocycles. The van der Waals surface area contributed by atoms with Gasteiger partial charge in [-0.3, -0.25) is 4.90 Å². The maximum absolute atomic E-state index is 9.25. The Morgan fingerprint density at radius 3 is 2.89 bits per heavy atom. The predicted octanol–water partition coefficient (Wildman–Crippen LogP) is 0.820. The van der Waals surface area contributed by atoms with Crippen LogP contribution in [0.5, 0.6) is 5.75 Å². The SMILES string of the molecule is COC(O)Oc1cccc(CN2CCOCC2)c1. The van der Waals surface area contributed by atoms with Crippen LogP contribution in [0.2, 0.25) is 0 Å². The molecule has 1 N–H and O–H groups in total. The van der Waals surface area contributed by atoms with Crippen LogP contribution in [-0.2, 0) is 16.0 Å². The minimum Gasteiger partial charge on any atom is -0.441 e. The van der Waals surface area contributed by atoms with Gasteiger partial charge in [0.15, 0.2) is 0 Å². The van der Waals surface area contributed by atoms with E-state index in [0.29, 0.717) is 5.75 Å². The minimum absolute atomic E-state index is 0.607. The lowest BCUT2D eigenvalue weighted by Crippen LogP contribution is -2.35.